The van der Waals surface area contributed by atoms with E-state index in [2.05, 4.69) is 11.2 Å². The van der Waals surface area contributed by atoms with Gasteiger partial charge in [0.25, 0.3) is 11.6 Å². The van der Waals surface area contributed by atoms with Gasteiger partial charge in [0, 0.05) is 23.3 Å². The van der Waals surface area contributed by atoms with Crippen molar-refractivity contribution < 1.29 is 14.3 Å². The van der Waals surface area contributed by atoms with Crippen molar-refractivity contribution in [1.82, 2.24) is 5.32 Å². The first kappa shape index (κ1) is 17.6. The quantitative estimate of drug-likeness (QED) is 0.217. The molecule has 2 atom stereocenters. The van der Waals surface area contributed by atoms with E-state index in [1.807, 2.05) is 13.0 Å². The van der Waals surface area contributed by atoms with Crippen LogP contribution in [0.25, 0.3) is 0 Å². The van der Waals surface area contributed by atoms with E-state index in [1.54, 1.807) is 41.2 Å². The Morgan fingerprint density at radius 2 is 2.04 bits per heavy atom. The summed E-state index contributed by atoms with van der Waals surface area (Å²) in [6, 6.07) is 9.04. The number of nitrogens with zero attached hydrogens (tertiary/aromatic N) is 2. The van der Waals surface area contributed by atoms with Crippen LogP contribution in [0, 0.1) is 22.4 Å². The average molecular weight is 367 g/mol. The Morgan fingerprint density at radius 3 is 2.69 bits per heavy atom. The summed E-state index contributed by atoms with van der Waals surface area (Å²) in [6.07, 6.45) is 3.50. The van der Waals surface area contributed by atoms with Crippen molar-refractivity contribution in [3.63, 3.8) is 0 Å². The molecule has 26 heavy (non-hydrogen) atoms. The number of aryl methyl sites for hydroxylation is 1. The van der Waals surface area contributed by atoms with Crippen molar-refractivity contribution >= 4 is 34.7 Å². The van der Waals surface area contributed by atoms with Gasteiger partial charge in [-0.05, 0) is 18.9 Å². The Hall–Kier alpha value is -3.22. The lowest BCUT2D eigenvalue weighted by molar-refractivity contribution is -0.711. The lowest BCUT2D eigenvalue weighted by atomic mass is 9.81. The third kappa shape index (κ3) is 3.03. The predicted molar refractivity (Wildman–Crippen MR) is 98.2 cm³/mol. The molecule has 2 N–H and O–H groups in total. The van der Waals surface area contributed by atoms with Crippen molar-refractivity contribution in [2.45, 2.75) is 18.9 Å². The van der Waals surface area contributed by atoms with Gasteiger partial charge in [-0.1, -0.05) is 30.4 Å². The maximum atomic E-state index is 12.8. The summed E-state index contributed by atoms with van der Waals surface area (Å²) in [6.45, 7) is 1.88. The summed E-state index contributed by atoms with van der Waals surface area (Å²) in [7, 11) is 0. The molecule has 130 valence electrons. The minimum absolute atomic E-state index is 0.0673. The maximum absolute atomic E-state index is 12.8. The van der Waals surface area contributed by atoms with Crippen molar-refractivity contribution in [3.05, 3.63) is 75.6 Å². The van der Waals surface area contributed by atoms with E-state index >= 15 is 0 Å². The zero-order valence-electron chi connectivity index (χ0n) is 13.8. The first-order chi connectivity index (χ1) is 12.4. The van der Waals surface area contributed by atoms with Crippen LogP contribution in [-0.4, -0.2) is 21.7 Å². The van der Waals surface area contributed by atoms with Gasteiger partial charge < -0.3 is 5.32 Å². The van der Waals surface area contributed by atoms with Crippen LogP contribution < -0.4 is 9.88 Å². The highest BCUT2D eigenvalue weighted by Crippen LogP contribution is 2.39. The van der Waals surface area contributed by atoms with E-state index < -0.39 is 16.9 Å². The number of carbonyl (C=O) groups excluding carboxylic acids is 1. The van der Waals surface area contributed by atoms with Gasteiger partial charge in [-0.15, -0.1) is 0 Å². The summed E-state index contributed by atoms with van der Waals surface area (Å²) in [5.41, 5.74) is 1.37. The lowest BCUT2D eigenvalue weighted by Crippen LogP contribution is -2.56. The highest BCUT2D eigenvalue weighted by Gasteiger charge is 2.47. The van der Waals surface area contributed by atoms with E-state index in [4.69, 9.17) is 17.6 Å². The Labute approximate surface area is 154 Å². The SMILES string of the molecule is Cc1ccc[n+](C2C(=O)NC(=S)C(=C=N)C2c2ccccc2[N+](=O)[O-])c1. The number of nitrogens with one attached hydrogen (secondary N) is 2. The Kier molecular flexibility index (Phi) is 4.71. The van der Waals surface area contributed by atoms with Crippen LogP contribution in [0.4, 0.5) is 5.69 Å². The molecule has 7 nitrogen and oxygen atoms in total. The molecule has 2 unspecified atom stereocenters. The minimum atomic E-state index is -0.824. The third-order valence-corrected chi connectivity index (χ3v) is 4.59. The second kappa shape index (κ2) is 6.95. The number of amides is 1. The molecule has 1 aliphatic rings. The van der Waals surface area contributed by atoms with Crippen molar-refractivity contribution in [1.29, 1.82) is 5.41 Å². The summed E-state index contributed by atoms with van der Waals surface area (Å²) in [5.74, 6) is 1.11. The summed E-state index contributed by atoms with van der Waals surface area (Å²) in [4.78, 5) is 23.8. The van der Waals surface area contributed by atoms with Crippen LogP contribution in [-0.2, 0) is 4.79 Å². The molecule has 2 aromatic rings. The smallest absolute Gasteiger partial charge is 0.295 e. The van der Waals surface area contributed by atoms with Gasteiger partial charge >= 0.3 is 0 Å². The number of hydrogen-bond acceptors (Lipinski definition) is 5. The zero-order chi connectivity index (χ0) is 18.8. The summed E-state index contributed by atoms with van der Waals surface area (Å²) < 4.78 is 1.69. The molecule has 1 saturated heterocycles. The highest BCUT2D eigenvalue weighted by atomic mass is 32.1. The lowest BCUT2D eigenvalue weighted by Gasteiger charge is -2.28. The summed E-state index contributed by atoms with van der Waals surface area (Å²) >= 11 is 5.19. The van der Waals surface area contributed by atoms with Crippen molar-refractivity contribution in [3.8, 4) is 0 Å². The van der Waals surface area contributed by atoms with Crippen LogP contribution in [0.2, 0.25) is 0 Å². The van der Waals surface area contributed by atoms with E-state index in [1.165, 1.54) is 6.07 Å². The number of nitro benzene ring substituents is 1. The van der Waals surface area contributed by atoms with Crippen LogP contribution in [0.5, 0.6) is 0 Å². The molecule has 8 heteroatoms. The average Bonchev–Trinajstić information content (AvgIpc) is 2.61. The number of para-hydroxylation sites is 1. The number of carbonyl (C=O) groups is 1. The normalized spacial score (nSPS) is 19.7. The minimum Gasteiger partial charge on any atom is -0.310 e. The molecule has 0 radical (unpaired) electrons. The fourth-order valence-corrected chi connectivity index (χ4v) is 3.46. The molecule has 1 fully saturated rings. The Morgan fingerprint density at radius 1 is 1.31 bits per heavy atom. The second-order valence-electron chi connectivity index (χ2n) is 5.92. The number of piperidine rings is 1. The second-order valence-corrected chi connectivity index (χ2v) is 6.33. The largest absolute Gasteiger partial charge is 0.310 e. The number of thiocarbonyl (C=S) groups is 1. The van der Waals surface area contributed by atoms with E-state index in [0.717, 1.165) is 5.56 Å². The van der Waals surface area contributed by atoms with Crippen LogP contribution in [0.3, 0.4) is 0 Å². The topological polar surface area (TPSA) is 100.0 Å². The van der Waals surface area contributed by atoms with Gasteiger partial charge in [-0.2, -0.15) is 4.57 Å². The molecule has 0 spiro atoms. The fourth-order valence-electron chi connectivity index (χ4n) is 3.18. The number of nitro groups is 1. The molecule has 0 saturated carbocycles. The predicted octanol–water partition coefficient (Wildman–Crippen LogP) is 2.15. The van der Waals surface area contributed by atoms with E-state index in [9.17, 15) is 14.9 Å². The third-order valence-electron chi connectivity index (χ3n) is 4.27. The molecule has 2 heterocycles. The molecular formula is C18H15N4O3S+. The molecule has 1 aliphatic heterocycles. The molecule has 3 rings (SSSR count). The molecule has 1 aromatic carbocycles. The number of hydrogen-bond donors (Lipinski definition) is 2. The number of rotatable bonds is 3. The summed E-state index contributed by atoms with van der Waals surface area (Å²) in [5, 5.41) is 21.7. The first-order valence-electron chi connectivity index (χ1n) is 7.79. The van der Waals surface area contributed by atoms with Gasteiger partial charge in [0.1, 0.15) is 4.99 Å². The van der Waals surface area contributed by atoms with Gasteiger partial charge in [0.05, 0.1) is 16.4 Å². The number of benzene rings is 1. The molecular weight excluding hydrogens is 352 g/mol. The number of aromatic nitrogens is 1. The maximum Gasteiger partial charge on any atom is 0.295 e. The Bertz CT molecular complexity index is 982. The first-order valence-corrected chi connectivity index (χ1v) is 8.20. The van der Waals surface area contributed by atoms with Gasteiger partial charge in [-0.25, -0.2) is 0 Å². The van der Waals surface area contributed by atoms with Crippen molar-refractivity contribution in [2.75, 3.05) is 0 Å². The number of pyridine rings is 1. The Balaban J connectivity index is 2.27. The van der Waals surface area contributed by atoms with E-state index in [0.29, 0.717) is 5.56 Å². The van der Waals surface area contributed by atoms with Gasteiger partial charge in [0.15, 0.2) is 12.4 Å². The molecule has 0 aliphatic carbocycles. The highest BCUT2D eigenvalue weighted by molar-refractivity contribution is 7.80. The van der Waals surface area contributed by atoms with Crippen LogP contribution in [0.1, 0.15) is 23.1 Å². The zero-order valence-corrected chi connectivity index (χ0v) is 14.6. The fraction of sp³-hybridized carbons (Fsp3) is 0.167. The van der Waals surface area contributed by atoms with Crippen molar-refractivity contribution in [2.24, 2.45) is 0 Å². The van der Waals surface area contributed by atoms with Gasteiger partial charge in [-0.3, -0.25) is 20.3 Å². The van der Waals surface area contributed by atoms with Gasteiger partial charge in [0.2, 0.25) is 6.04 Å². The molecule has 1 aromatic heterocycles. The standard InChI is InChI=1S/C18H14N4O3S/c1-11-5-4-8-21(10-11)16-15(13(9-19)18(26)20-17(16)23)12-6-2-3-7-14(12)22(24)25/h2-8,10,15-16,19H,1H3/p+1. The van der Waals surface area contributed by atoms with Crippen LogP contribution >= 0.6 is 12.2 Å². The van der Waals surface area contributed by atoms with Crippen LogP contribution in [0.15, 0.2) is 54.4 Å². The molecule has 1 amide bonds. The molecule has 0 bridgehead atoms. The van der Waals surface area contributed by atoms with E-state index in [-0.39, 0.29) is 22.2 Å². The monoisotopic (exact) mass is 367 g/mol.